The van der Waals surface area contributed by atoms with Gasteiger partial charge in [-0.15, -0.1) is 0 Å². The molecule has 0 amide bonds. The van der Waals surface area contributed by atoms with Crippen LogP contribution in [0.1, 0.15) is 17.3 Å². The minimum atomic E-state index is -4.37. The molecule has 0 atom stereocenters. The summed E-state index contributed by atoms with van der Waals surface area (Å²) in [6.45, 7) is -1.69. The summed E-state index contributed by atoms with van der Waals surface area (Å²) in [7, 11) is 0. The third-order valence-electron chi connectivity index (χ3n) is 2.31. The number of alkyl halides is 3. The fourth-order valence-corrected chi connectivity index (χ4v) is 1.56. The van der Waals surface area contributed by atoms with Crippen LogP contribution in [0, 0.1) is 0 Å². The van der Waals surface area contributed by atoms with E-state index in [-0.39, 0.29) is 12.4 Å². The molecule has 0 saturated carbocycles. The van der Waals surface area contributed by atoms with Crippen LogP contribution in [-0.2, 0) is 17.8 Å². The minimum Gasteiger partial charge on any atom is -0.399 e. The van der Waals surface area contributed by atoms with Crippen LogP contribution in [0.5, 0.6) is 0 Å². The zero-order valence-electron chi connectivity index (χ0n) is 10.4. The number of anilines is 1. The standard InChI is InChI=1S/C12H12F3N3O2/c13-12(14,15)7-19-6-10-17-11(20-18-10)5-8-2-1-3-9(16)4-8/h1-4H,5-7,16H2. The zero-order chi connectivity index (χ0) is 14.6. The van der Waals surface area contributed by atoms with Gasteiger partial charge in [-0.1, -0.05) is 17.3 Å². The van der Waals surface area contributed by atoms with Gasteiger partial charge in [-0.2, -0.15) is 18.2 Å². The number of hydrogen-bond donors (Lipinski definition) is 1. The predicted molar refractivity (Wildman–Crippen MR) is 63.7 cm³/mol. The number of nitrogen functional groups attached to an aromatic ring is 1. The second-order valence-corrected chi connectivity index (χ2v) is 4.13. The third-order valence-corrected chi connectivity index (χ3v) is 2.31. The molecule has 0 bridgehead atoms. The highest BCUT2D eigenvalue weighted by molar-refractivity contribution is 5.41. The van der Waals surface area contributed by atoms with Gasteiger partial charge in [0.1, 0.15) is 13.2 Å². The fraction of sp³-hybridized carbons (Fsp3) is 0.333. The Kier molecular flexibility index (Phi) is 4.23. The molecule has 0 unspecified atom stereocenters. The average molecular weight is 287 g/mol. The molecule has 108 valence electrons. The van der Waals surface area contributed by atoms with Gasteiger partial charge in [0.05, 0.1) is 6.42 Å². The van der Waals surface area contributed by atoms with Crippen molar-refractivity contribution in [3.63, 3.8) is 0 Å². The van der Waals surface area contributed by atoms with E-state index in [4.69, 9.17) is 10.3 Å². The van der Waals surface area contributed by atoms with Crippen LogP contribution < -0.4 is 5.73 Å². The number of halogens is 3. The second-order valence-electron chi connectivity index (χ2n) is 4.13. The summed E-state index contributed by atoms with van der Waals surface area (Å²) in [4.78, 5) is 3.94. The van der Waals surface area contributed by atoms with Gasteiger partial charge in [0.25, 0.3) is 0 Å². The molecule has 1 aromatic carbocycles. The number of hydrogen-bond acceptors (Lipinski definition) is 5. The van der Waals surface area contributed by atoms with Crippen LogP contribution in [0.15, 0.2) is 28.8 Å². The van der Waals surface area contributed by atoms with Crippen LogP contribution in [0.2, 0.25) is 0 Å². The molecule has 0 aliphatic heterocycles. The summed E-state index contributed by atoms with van der Waals surface area (Å²) in [5.74, 6) is 0.370. The number of ether oxygens (including phenoxy) is 1. The number of rotatable bonds is 5. The van der Waals surface area contributed by atoms with Crippen LogP contribution in [0.4, 0.5) is 18.9 Å². The van der Waals surface area contributed by atoms with E-state index in [1.54, 1.807) is 18.2 Å². The number of aromatic nitrogens is 2. The van der Waals surface area contributed by atoms with Crippen LogP contribution in [0.25, 0.3) is 0 Å². The largest absolute Gasteiger partial charge is 0.411 e. The molecule has 2 aromatic rings. The fourth-order valence-electron chi connectivity index (χ4n) is 1.56. The molecule has 0 aliphatic carbocycles. The molecule has 20 heavy (non-hydrogen) atoms. The molecule has 0 spiro atoms. The van der Waals surface area contributed by atoms with Gasteiger partial charge in [0.15, 0.2) is 5.82 Å². The molecule has 2 N–H and O–H groups in total. The molecular formula is C12H12F3N3O2. The van der Waals surface area contributed by atoms with E-state index in [9.17, 15) is 13.2 Å². The molecule has 8 heteroatoms. The van der Waals surface area contributed by atoms with Gasteiger partial charge in [0, 0.05) is 5.69 Å². The van der Waals surface area contributed by atoms with Crippen molar-refractivity contribution < 1.29 is 22.4 Å². The van der Waals surface area contributed by atoms with Crippen molar-refractivity contribution >= 4 is 5.69 Å². The molecule has 0 aliphatic rings. The van der Waals surface area contributed by atoms with E-state index in [1.807, 2.05) is 6.07 Å². The maximum absolute atomic E-state index is 11.9. The van der Waals surface area contributed by atoms with E-state index in [2.05, 4.69) is 14.9 Å². The molecule has 0 saturated heterocycles. The lowest BCUT2D eigenvalue weighted by molar-refractivity contribution is -0.177. The van der Waals surface area contributed by atoms with Crippen molar-refractivity contribution in [3.05, 3.63) is 41.5 Å². The van der Waals surface area contributed by atoms with Crippen molar-refractivity contribution in [2.24, 2.45) is 0 Å². The molecule has 1 aromatic heterocycles. The SMILES string of the molecule is Nc1cccc(Cc2nc(COCC(F)(F)F)no2)c1. The van der Waals surface area contributed by atoms with E-state index in [0.717, 1.165) is 5.56 Å². The lowest BCUT2D eigenvalue weighted by Crippen LogP contribution is -2.16. The first kappa shape index (κ1) is 14.3. The topological polar surface area (TPSA) is 74.2 Å². The van der Waals surface area contributed by atoms with E-state index in [1.165, 1.54) is 0 Å². The number of benzene rings is 1. The van der Waals surface area contributed by atoms with Gasteiger partial charge in [-0.25, -0.2) is 0 Å². The van der Waals surface area contributed by atoms with Crippen molar-refractivity contribution in [2.45, 2.75) is 19.2 Å². The van der Waals surface area contributed by atoms with Crippen molar-refractivity contribution in [1.29, 1.82) is 0 Å². The average Bonchev–Trinajstić information content (AvgIpc) is 2.75. The summed E-state index contributed by atoms with van der Waals surface area (Å²) >= 11 is 0. The van der Waals surface area contributed by atoms with E-state index < -0.39 is 12.8 Å². The lowest BCUT2D eigenvalue weighted by Gasteiger charge is -2.04. The summed E-state index contributed by atoms with van der Waals surface area (Å²) < 4.78 is 45.0. The monoisotopic (exact) mass is 287 g/mol. The van der Waals surface area contributed by atoms with Gasteiger partial charge in [0.2, 0.25) is 5.89 Å². The van der Waals surface area contributed by atoms with Gasteiger partial charge >= 0.3 is 6.18 Å². The molecule has 5 nitrogen and oxygen atoms in total. The minimum absolute atomic E-state index is 0.0770. The Labute approximate surface area is 112 Å². The highest BCUT2D eigenvalue weighted by Crippen LogP contribution is 2.15. The molecule has 1 heterocycles. The Hall–Kier alpha value is -2.09. The normalized spacial score (nSPS) is 11.8. The quantitative estimate of drug-likeness (QED) is 0.854. The Morgan fingerprint density at radius 2 is 2.10 bits per heavy atom. The predicted octanol–water partition coefficient (Wildman–Crippen LogP) is 2.32. The van der Waals surface area contributed by atoms with Crippen LogP contribution in [0.3, 0.4) is 0 Å². The van der Waals surface area contributed by atoms with Crippen molar-refractivity contribution in [1.82, 2.24) is 10.1 Å². The number of nitrogens with two attached hydrogens (primary N) is 1. The second kappa shape index (κ2) is 5.91. The van der Waals surface area contributed by atoms with Gasteiger partial charge in [-0.05, 0) is 17.7 Å². The third kappa shape index (κ3) is 4.54. The van der Waals surface area contributed by atoms with Crippen LogP contribution in [-0.4, -0.2) is 22.9 Å². The summed E-state index contributed by atoms with van der Waals surface area (Å²) in [5, 5.41) is 3.54. The van der Waals surface area contributed by atoms with E-state index in [0.29, 0.717) is 18.0 Å². The Bertz CT molecular complexity index is 569. The summed E-state index contributed by atoms with van der Waals surface area (Å²) in [6, 6.07) is 7.12. The first-order valence-corrected chi connectivity index (χ1v) is 5.73. The first-order valence-electron chi connectivity index (χ1n) is 5.73. The molecule has 0 radical (unpaired) electrons. The summed E-state index contributed by atoms with van der Waals surface area (Å²) in [6.07, 6.45) is -4.01. The van der Waals surface area contributed by atoms with Gasteiger partial charge in [-0.3, -0.25) is 0 Å². The highest BCUT2D eigenvalue weighted by atomic mass is 19.4. The smallest absolute Gasteiger partial charge is 0.399 e. The maximum atomic E-state index is 11.9. The Morgan fingerprint density at radius 1 is 1.30 bits per heavy atom. The Morgan fingerprint density at radius 3 is 2.80 bits per heavy atom. The zero-order valence-corrected chi connectivity index (χ0v) is 10.4. The molecule has 0 fully saturated rings. The first-order chi connectivity index (χ1) is 9.42. The summed E-state index contributed by atoms with van der Waals surface area (Å²) in [5.41, 5.74) is 7.11. The number of nitrogens with zero attached hydrogens (tertiary/aromatic N) is 2. The lowest BCUT2D eigenvalue weighted by atomic mass is 10.1. The highest BCUT2D eigenvalue weighted by Gasteiger charge is 2.27. The van der Waals surface area contributed by atoms with Crippen LogP contribution >= 0.6 is 0 Å². The van der Waals surface area contributed by atoms with E-state index >= 15 is 0 Å². The maximum Gasteiger partial charge on any atom is 0.411 e. The Balaban J connectivity index is 1.89. The van der Waals surface area contributed by atoms with Crippen molar-refractivity contribution in [2.75, 3.05) is 12.3 Å². The van der Waals surface area contributed by atoms with Crippen molar-refractivity contribution in [3.8, 4) is 0 Å². The molecular weight excluding hydrogens is 275 g/mol. The molecule has 2 rings (SSSR count). The van der Waals surface area contributed by atoms with Gasteiger partial charge < -0.3 is 15.0 Å².